The van der Waals surface area contributed by atoms with E-state index in [4.69, 9.17) is 0 Å². The van der Waals surface area contributed by atoms with Crippen LogP contribution in [0.5, 0.6) is 5.88 Å². The quantitative estimate of drug-likeness (QED) is 0.811. The Kier molecular flexibility index (Phi) is 4.08. The van der Waals surface area contributed by atoms with Gasteiger partial charge in [0.15, 0.2) is 0 Å². The molecule has 0 unspecified atom stereocenters. The molecule has 1 heterocycles. The molecule has 20 heavy (non-hydrogen) atoms. The molecule has 2 fully saturated rings. The first kappa shape index (κ1) is 13.7. The van der Waals surface area contributed by atoms with Gasteiger partial charge in [-0.15, -0.1) is 0 Å². The van der Waals surface area contributed by atoms with E-state index in [1.165, 1.54) is 25.7 Å². The molecule has 0 spiro atoms. The first-order chi connectivity index (χ1) is 9.75. The highest BCUT2D eigenvalue weighted by Crippen LogP contribution is 2.36. The van der Waals surface area contributed by atoms with E-state index in [1.807, 2.05) is 0 Å². The molecule has 0 atom stereocenters. The SMILES string of the molecule is O=c1[nH]c(C2CCCCCC2)nc(O)c1C1CCCC1. The number of nitrogens with zero attached hydrogens (tertiary/aromatic N) is 1. The summed E-state index contributed by atoms with van der Waals surface area (Å²) >= 11 is 0. The molecule has 0 aromatic carbocycles. The zero-order chi connectivity index (χ0) is 13.9. The van der Waals surface area contributed by atoms with Gasteiger partial charge in [0, 0.05) is 5.92 Å². The van der Waals surface area contributed by atoms with Gasteiger partial charge in [0.1, 0.15) is 5.82 Å². The Hall–Kier alpha value is -1.32. The molecule has 0 aliphatic heterocycles. The molecule has 2 aliphatic carbocycles. The van der Waals surface area contributed by atoms with Gasteiger partial charge in [0.25, 0.3) is 5.56 Å². The molecule has 4 heteroatoms. The normalized spacial score (nSPS) is 22.0. The zero-order valence-corrected chi connectivity index (χ0v) is 12.0. The maximum Gasteiger partial charge on any atom is 0.258 e. The topological polar surface area (TPSA) is 66.0 Å². The van der Waals surface area contributed by atoms with Crippen molar-refractivity contribution < 1.29 is 5.11 Å². The van der Waals surface area contributed by atoms with E-state index in [2.05, 4.69) is 9.97 Å². The van der Waals surface area contributed by atoms with Gasteiger partial charge in [0.05, 0.1) is 5.56 Å². The van der Waals surface area contributed by atoms with Crippen molar-refractivity contribution in [2.45, 2.75) is 76.0 Å². The van der Waals surface area contributed by atoms with Crippen LogP contribution in [0.1, 0.15) is 87.4 Å². The molecule has 2 N–H and O–H groups in total. The number of aromatic nitrogens is 2. The minimum Gasteiger partial charge on any atom is -0.493 e. The monoisotopic (exact) mass is 276 g/mol. The highest BCUT2D eigenvalue weighted by molar-refractivity contribution is 5.28. The Morgan fingerprint density at radius 3 is 2.05 bits per heavy atom. The number of H-pyrrole nitrogens is 1. The van der Waals surface area contributed by atoms with Gasteiger partial charge in [-0.2, -0.15) is 4.98 Å². The Bertz CT molecular complexity index is 510. The van der Waals surface area contributed by atoms with Crippen molar-refractivity contribution in [3.05, 3.63) is 21.7 Å². The molecule has 2 saturated carbocycles. The smallest absolute Gasteiger partial charge is 0.258 e. The number of rotatable bonds is 2. The predicted octanol–water partition coefficient (Wildman–Crippen LogP) is 3.57. The summed E-state index contributed by atoms with van der Waals surface area (Å²) in [5.41, 5.74) is 0.420. The van der Waals surface area contributed by atoms with E-state index in [0.717, 1.165) is 38.5 Å². The van der Waals surface area contributed by atoms with Crippen LogP contribution in [0.15, 0.2) is 4.79 Å². The van der Waals surface area contributed by atoms with Crippen molar-refractivity contribution in [1.82, 2.24) is 9.97 Å². The summed E-state index contributed by atoms with van der Waals surface area (Å²) in [6.45, 7) is 0. The molecular weight excluding hydrogens is 252 g/mol. The van der Waals surface area contributed by atoms with Crippen LogP contribution in [0.2, 0.25) is 0 Å². The van der Waals surface area contributed by atoms with Crippen LogP contribution in [-0.4, -0.2) is 15.1 Å². The second-order valence-corrected chi connectivity index (χ2v) is 6.36. The lowest BCUT2D eigenvalue weighted by molar-refractivity contribution is 0.425. The molecular formula is C16H24N2O2. The van der Waals surface area contributed by atoms with Crippen molar-refractivity contribution in [3.8, 4) is 5.88 Å². The largest absolute Gasteiger partial charge is 0.493 e. The molecule has 110 valence electrons. The van der Waals surface area contributed by atoms with Crippen molar-refractivity contribution in [3.63, 3.8) is 0 Å². The average Bonchev–Trinajstić information content (AvgIpc) is 2.79. The molecule has 0 saturated heterocycles. The zero-order valence-electron chi connectivity index (χ0n) is 12.0. The minimum atomic E-state index is -0.108. The Morgan fingerprint density at radius 2 is 1.45 bits per heavy atom. The van der Waals surface area contributed by atoms with Crippen molar-refractivity contribution in [2.24, 2.45) is 0 Å². The van der Waals surface area contributed by atoms with Crippen LogP contribution < -0.4 is 5.56 Å². The van der Waals surface area contributed by atoms with Crippen molar-refractivity contribution in [1.29, 1.82) is 0 Å². The van der Waals surface area contributed by atoms with Gasteiger partial charge in [-0.3, -0.25) is 4.79 Å². The fourth-order valence-corrected chi connectivity index (χ4v) is 3.82. The summed E-state index contributed by atoms with van der Waals surface area (Å²) in [6.07, 6.45) is 11.4. The number of hydrogen-bond acceptors (Lipinski definition) is 3. The third kappa shape index (κ3) is 2.74. The Balaban J connectivity index is 1.88. The fraction of sp³-hybridized carbons (Fsp3) is 0.750. The Morgan fingerprint density at radius 1 is 0.900 bits per heavy atom. The van der Waals surface area contributed by atoms with Gasteiger partial charge in [-0.25, -0.2) is 0 Å². The molecule has 0 bridgehead atoms. The van der Waals surface area contributed by atoms with Gasteiger partial charge in [-0.1, -0.05) is 38.5 Å². The summed E-state index contributed by atoms with van der Waals surface area (Å²) < 4.78 is 0. The summed E-state index contributed by atoms with van der Waals surface area (Å²) in [4.78, 5) is 19.6. The molecule has 1 aromatic heterocycles. The number of hydrogen-bond donors (Lipinski definition) is 2. The van der Waals surface area contributed by atoms with Crippen LogP contribution in [0.25, 0.3) is 0 Å². The molecule has 1 aromatic rings. The first-order valence-electron chi connectivity index (χ1n) is 8.09. The van der Waals surface area contributed by atoms with Gasteiger partial charge in [0.2, 0.25) is 5.88 Å². The first-order valence-corrected chi connectivity index (χ1v) is 8.09. The lowest BCUT2D eigenvalue weighted by Gasteiger charge is -2.16. The number of aromatic hydroxyl groups is 1. The maximum absolute atomic E-state index is 12.3. The van der Waals surface area contributed by atoms with E-state index in [0.29, 0.717) is 17.3 Å². The van der Waals surface area contributed by atoms with E-state index >= 15 is 0 Å². The number of nitrogens with one attached hydrogen (secondary N) is 1. The molecule has 0 radical (unpaired) electrons. The van der Waals surface area contributed by atoms with Crippen LogP contribution in [0, 0.1) is 0 Å². The standard InChI is InChI=1S/C16H24N2O2/c19-15-13(11-7-5-6-8-11)16(20)18-14(17-15)12-9-3-1-2-4-10-12/h11-12H,1-10H2,(H2,17,18,19,20). The van der Waals surface area contributed by atoms with Crippen LogP contribution >= 0.6 is 0 Å². The highest BCUT2D eigenvalue weighted by atomic mass is 16.3. The maximum atomic E-state index is 12.3. The predicted molar refractivity (Wildman–Crippen MR) is 78.2 cm³/mol. The molecule has 4 nitrogen and oxygen atoms in total. The van der Waals surface area contributed by atoms with Crippen LogP contribution in [-0.2, 0) is 0 Å². The molecule has 3 rings (SSSR count). The third-order valence-corrected chi connectivity index (χ3v) is 4.96. The lowest BCUT2D eigenvalue weighted by Crippen LogP contribution is -2.20. The van der Waals surface area contributed by atoms with Gasteiger partial charge in [-0.05, 0) is 31.6 Å². The van der Waals surface area contributed by atoms with Gasteiger partial charge < -0.3 is 10.1 Å². The van der Waals surface area contributed by atoms with E-state index in [9.17, 15) is 9.90 Å². The summed E-state index contributed by atoms with van der Waals surface area (Å²) in [6, 6.07) is 0. The summed E-state index contributed by atoms with van der Waals surface area (Å²) in [5, 5.41) is 10.2. The second-order valence-electron chi connectivity index (χ2n) is 6.36. The number of aromatic amines is 1. The van der Waals surface area contributed by atoms with Crippen LogP contribution in [0.4, 0.5) is 0 Å². The lowest BCUT2D eigenvalue weighted by atomic mass is 9.97. The minimum absolute atomic E-state index is 0.0140. The fourth-order valence-electron chi connectivity index (χ4n) is 3.82. The van der Waals surface area contributed by atoms with Crippen molar-refractivity contribution >= 4 is 0 Å². The molecule has 2 aliphatic rings. The van der Waals surface area contributed by atoms with Crippen LogP contribution in [0.3, 0.4) is 0 Å². The summed E-state index contributed by atoms with van der Waals surface area (Å²) in [5.74, 6) is 1.21. The van der Waals surface area contributed by atoms with Crippen molar-refractivity contribution in [2.75, 3.05) is 0 Å². The Labute approximate surface area is 119 Å². The average molecular weight is 276 g/mol. The third-order valence-electron chi connectivity index (χ3n) is 4.96. The molecule has 0 amide bonds. The van der Waals surface area contributed by atoms with E-state index in [1.54, 1.807) is 0 Å². The second kappa shape index (κ2) is 5.98. The van der Waals surface area contributed by atoms with E-state index < -0.39 is 0 Å². The van der Waals surface area contributed by atoms with Gasteiger partial charge >= 0.3 is 0 Å². The highest BCUT2D eigenvalue weighted by Gasteiger charge is 2.26. The summed E-state index contributed by atoms with van der Waals surface area (Å²) in [7, 11) is 0. The van der Waals surface area contributed by atoms with E-state index in [-0.39, 0.29) is 17.4 Å².